The summed E-state index contributed by atoms with van der Waals surface area (Å²) in [6, 6.07) is 6.55. The van der Waals surface area contributed by atoms with Crippen LogP contribution < -0.4 is 5.32 Å². The van der Waals surface area contributed by atoms with E-state index in [4.69, 9.17) is 11.6 Å². The number of benzene rings is 1. The van der Waals surface area contributed by atoms with Crippen molar-refractivity contribution < 1.29 is 14.4 Å². The molecular weight excluding hydrogens is 314 g/mol. The van der Waals surface area contributed by atoms with Gasteiger partial charge in [0.25, 0.3) is 5.91 Å². The van der Waals surface area contributed by atoms with Gasteiger partial charge >= 0.3 is 0 Å². The van der Waals surface area contributed by atoms with E-state index >= 15 is 0 Å². The first-order valence-electron chi connectivity index (χ1n) is 7.33. The van der Waals surface area contributed by atoms with Crippen molar-refractivity contribution >= 4 is 29.1 Å². The van der Waals surface area contributed by atoms with Crippen molar-refractivity contribution in [3.05, 3.63) is 57.1 Å². The van der Waals surface area contributed by atoms with E-state index in [0.29, 0.717) is 45.8 Å². The minimum atomic E-state index is -0.238. The molecule has 0 radical (unpaired) electrons. The summed E-state index contributed by atoms with van der Waals surface area (Å²) in [6.45, 7) is 5.28. The Balaban J connectivity index is 2.01. The number of ketones is 2. The second kappa shape index (κ2) is 6.92. The van der Waals surface area contributed by atoms with E-state index in [1.165, 1.54) is 0 Å². The molecule has 0 aliphatic heterocycles. The molecule has 0 unspecified atom stereocenters. The van der Waals surface area contributed by atoms with Crippen molar-refractivity contribution in [2.24, 2.45) is 0 Å². The lowest BCUT2D eigenvalue weighted by atomic mass is 9.84. The molecule has 120 valence electrons. The van der Waals surface area contributed by atoms with Crippen molar-refractivity contribution in [3.63, 3.8) is 0 Å². The van der Waals surface area contributed by atoms with E-state index in [2.05, 4.69) is 5.32 Å². The van der Waals surface area contributed by atoms with Crippen molar-refractivity contribution in [1.82, 2.24) is 5.32 Å². The smallest absolute Gasteiger partial charge is 0.251 e. The third-order valence-electron chi connectivity index (χ3n) is 4.08. The Bertz CT molecular complexity index is 742. The minimum Gasteiger partial charge on any atom is -0.352 e. The number of carbonyl (C=O) groups is 3. The normalized spacial score (nSPS) is 15.3. The topological polar surface area (TPSA) is 63.2 Å². The molecule has 2 rings (SSSR count). The predicted octanol–water partition coefficient (Wildman–Crippen LogP) is 3.26. The van der Waals surface area contributed by atoms with Crippen LogP contribution in [0.1, 0.15) is 37.6 Å². The molecule has 1 aliphatic rings. The molecule has 5 heteroatoms. The molecule has 0 heterocycles. The lowest BCUT2D eigenvalue weighted by Crippen LogP contribution is -2.27. The van der Waals surface area contributed by atoms with Crippen LogP contribution in [0.15, 0.2) is 46.6 Å². The molecule has 1 aromatic carbocycles. The van der Waals surface area contributed by atoms with Gasteiger partial charge in [0, 0.05) is 39.4 Å². The van der Waals surface area contributed by atoms with Gasteiger partial charge in [-0.1, -0.05) is 11.6 Å². The zero-order chi connectivity index (χ0) is 17.1. The molecule has 0 fully saturated rings. The molecule has 0 saturated carbocycles. The molecular formula is C18H18ClNO3. The van der Waals surface area contributed by atoms with Crippen LogP contribution in [0.5, 0.6) is 0 Å². The van der Waals surface area contributed by atoms with Crippen LogP contribution in [-0.4, -0.2) is 24.0 Å². The van der Waals surface area contributed by atoms with Gasteiger partial charge in [0.05, 0.1) is 0 Å². The third-order valence-corrected chi connectivity index (χ3v) is 4.33. The highest BCUT2D eigenvalue weighted by atomic mass is 35.5. The van der Waals surface area contributed by atoms with Gasteiger partial charge in [0.2, 0.25) is 0 Å². The Morgan fingerprint density at radius 3 is 2.13 bits per heavy atom. The quantitative estimate of drug-likeness (QED) is 0.861. The second-order valence-electron chi connectivity index (χ2n) is 5.52. The molecule has 0 saturated heterocycles. The number of nitrogens with one attached hydrogen (secondary N) is 1. The monoisotopic (exact) mass is 331 g/mol. The first-order valence-corrected chi connectivity index (χ1v) is 7.71. The molecule has 0 spiro atoms. The number of amides is 1. The molecule has 0 bridgehead atoms. The average Bonchev–Trinajstić information content (AvgIpc) is 2.54. The Morgan fingerprint density at radius 1 is 0.957 bits per heavy atom. The number of hydrogen-bond acceptors (Lipinski definition) is 3. The van der Waals surface area contributed by atoms with Crippen LogP contribution in [0.3, 0.4) is 0 Å². The molecule has 1 aliphatic carbocycles. The maximum Gasteiger partial charge on any atom is 0.251 e. The molecule has 23 heavy (non-hydrogen) atoms. The van der Waals surface area contributed by atoms with Crippen LogP contribution in [0.25, 0.3) is 0 Å². The fraction of sp³-hybridized carbons (Fsp3) is 0.278. The summed E-state index contributed by atoms with van der Waals surface area (Å²) < 4.78 is 0. The summed E-state index contributed by atoms with van der Waals surface area (Å²) in [5.74, 6) is -0.445. The van der Waals surface area contributed by atoms with Crippen molar-refractivity contribution in [3.8, 4) is 0 Å². The number of allylic oxidation sites excluding steroid dienone is 3. The van der Waals surface area contributed by atoms with Gasteiger partial charge < -0.3 is 5.32 Å². The van der Waals surface area contributed by atoms with Gasteiger partial charge in [-0.05, 0) is 51.5 Å². The van der Waals surface area contributed by atoms with Crippen molar-refractivity contribution in [2.75, 3.05) is 6.54 Å². The third kappa shape index (κ3) is 3.59. The SMILES string of the molecule is CC1=C(C)C(=O)C(CCNC(=O)c2ccc(Cl)cc2)=C(C)C1=O. The van der Waals surface area contributed by atoms with Crippen LogP contribution in [-0.2, 0) is 9.59 Å². The summed E-state index contributed by atoms with van der Waals surface area (Å²) in [4.78, 5) is 36.4. The molecule has 1 aromatic rings. The standard InChI is InChI=1S/C18H18ClNO3/c1-10-11(2)17(22)15(12(3)16(10)21)8-9-20-18(23)13-4-6-14(19)7-5-13/h4-7H,8-9H2,1-3H3,(H,20,23). The summed E-state index contributed by atoms with van der Waals surface area (Å²) >= 11 is 5.78. The summed E-state index contributed by atoms with van der Waals surface area (Å²) in [5.41, 5.74) is 2.44. The van der Waals surface area contributed by atoms with Gasteiger partial charge in [-0.15, -0.1) is 0 Å². The molecule has 1 amide bonds. The minimum absolute atomic E-state index is 0.0962. The zero-order valence-electron chi connectivity index (χ0n) is 13.3. The Morgan fingerprint density at radius 2 is 1.52 bits per heavy atom. The lowest BCUT2D eigenvalue weighted by molar-refractivity contribution is -0.116. The second-order valence-corrected chi connectivity index (χ2v) is 5.96. The highest BCUT2D eigenvalue weighted by Gasteiger charge is 2.27. The predicted molar refractivity (Wildman–Crippen MR) is 89.5 cm³/mol. The number of halogens is 1. The Hall–Kier alpha value is -2.20. The van der Waals surface area contributed by atoms with E-state index in [1.807, 2.05) is 0 Å². The highest BCUT2D eigenvalue weighted by Crippen LogP contribution is 2.25. The van der Waals surface area contributed by atoms with Crippen LogP contribution in [0.2, 0.25) is 5.02 Å². The molecule has 1 N–H and O–H groups in total. The molecule has 0 aromatic heterocycles. The van der Waals surface area contributed by atoms with Crippen molar-refractivity contribution in [2.45, 2.75) is 27.2 Å². The fourth-order valence-electron chi connectivity index (χ4n) is 2.46. The average molecular weight is 332 g/mol. The van der Waals surface area contributed by atoms with E-state index in [0.717, 1.165) is 0 Å². The van der Waals surface area contributed by atoms with Gasteiger partial charge in [-0.2, -0.15) is 0 Å². The Kier molecular flexibility index (Phi) is 5.16. The van der Waals surface area contributed by atoms with Gasteiger partial charge in [-0.25, -0.2) is 0 Å². The first-order chi connectivity index (χ1) is 10.8. The summed E-state index contributed by atoms with van der Waals surface area (Å²) in [6.07, 6.45) is 0.334. The van der Waals surface area contributed by atoms with Crippen LogP contribution >= 0.6 is 11.6 Å². The number of hydrogen-bond donors (Lipinski definition) is 1. The molecule has 4 nitrogen and oxygen atoms in total. The van der Waals surface area contributed by atoms with Crippen molar-refractivity contribution in [1.29, 1.82) is 0 Å². The van der Waals surface area contributed by atoms with Crippen LogP contribution in [0.4, 0.5) is 0 Å². The largest absolute Gasteiger partial charge is 0.352 e. The van der Waals surface area contributed by atoms with Gasteiger partial charge in [-0.3, -0.25) is 14.4 Å². The van der Waals surface area contributed by atoms with E-state index in [9.17, 15) is 14.4 Å². The number of rotatable bonds is 4. The van der Waals surface area contributed by atoms with Crippen LogP contribution in [0, 0.1) is 0 Å². The molecule has 0 atom stereocenters. The zero-order valence-corrected chi connectivity index (χ0v) is 14.1. The van der Waals surface area contributed by atoms with E-state index < -0.39 is 0 Å². The number of Topliss-reactive ketones (excluding diaryl/α,β-unsaturated/α-hetero) is 2. The first kappa shape index (κ1) is 17.2. The van der Waals surface area contributed by atoms with E-state index in [-0.39, 0.29) is 17.5 Å². The maximum absolute atomic E-state index is 12.3. The fourth-order valence-corrected chi connectivity index (χ4v) is 2.59. The van der Waals surface area contributed by atoms with Gasteiger partial charge in [0.15, 0.2) is 11.6 Å². The summed E-state index contributed by atoms with van der Waals surface area (Å²) in [5, 5.41) is 3.31. The Labute approximate surface area is 140 Å². The highest BCUT2D eigenvalue weighted by molar-refractivity contribution is 6.30. The maximum atomic E-state index is 12.3. The van der Waals surface area contributed by atoms with Gasteiger partial charge in [0.1, 0.15) is 0 Å². The lowest BCUT2D eigenvalue weighted by Gasteiger charge is -2.18. The summed E-state index contributed by atoms with van der Waals surface area (Å²) in [7, 11) is 0. The number of carbonyl (C=O) groups excluding carboxylic acids is 3. The van der Waals surface area contributed by atoms with E-state index in [1.54, 1.807) is 45.0 Å².